The number of hydrogen-bond donors (Lipinski definition) is 0. The molecule has 0 fully saturated rings. The van der Waals surface area contributed by atoms with Gasteiger partial charge in [-0.25, -0.2) is 4.98 Å². The van der Waals surface area contributed by atoms with Crippen molar-refractivity contribution in [2.24, 2.45) is 0 Å². The number of anilines is 3. The van der Waals surface area contributed by atoms with Crippen molar-refractivity contribution in [3.63, 3.8) is 0 Å². The molecule has 0 unspecified atom stereocenters. The van der Waals surface area contributed by atoms with Crippen LogP contribution in [0.5, 0.6) is 11.5 Å². The van der Waals surface area contributed by atoms with E-state index in [0.29, 0.717) is 0 Å². The van der Waals surface area contributed by atoms with Gasteiger partial charge in [0.2, 0.25) is 0 Å². The van der Waals surface area contributed by atoms with E-state index < -0.39 is 0 Å². The molecule has 0 spiro atoms. The number of aromatic nitrogens is 2. The first kappa shape index (κ1) is 27.3. The molecule has 0 atom stereocenters. The van der Waals surface area contributed by atoms with Gasteiger partial charge in [-0.2, -0.15) is 4.37 Å². The van der Waals surface area contributed by atoms with E-state index >= 15 is 0 Å². The van der Waals surface area contributed by atoms with Crippen molar-refractivity contribution in [3.8, 4) is 44.6 Å². The van der Waals surface area contributed by atoms with Crippen LogP contribution < -0.4 is 9.64 Å². The molecular formula is C40H31N3OS. The zero-order chi connectivity index (χ0) is 30.5. The van der Waals surface area contributed by atoms with Gasteiger partial charge < -0.3 is 9.64 Å². The fourth-order valence-electron chi connectivity index (χ4n) is 5.94. The monoisotopic (exact) mass is 601 g/mol. The minimum absolute atomic E-state index is 0.111. The summed E-state index contributed by atoms with van der Waals surface area (Å²) in [5.41, 5.74) is 8.75. The molecule has 218 valence electrons. The summed E-state index contributed by atoms with van der Waals surface area (Å²) in [6, 6.07) is 46.8. The largest absolute Gasteiger partial charge is 0.453 e. The van der Waals surface area contributed by atoms with Crippen molar-refractivity contribution in [3.05, 3.63) is 139 Å². The van der Waals surface area contributed by atoms with Crippen LogP contribution in [-0.2, 0) is 5.41 Å². The third-order valence-corrected chi connectivity index (χ3v) is 9.16. The molecule has 7 aromatic rings. The highest BCUT2D eigenvalue weighted by molar-refractivity contribution is 7.09. The summed E-state index contributed by atoms with van der Waals surface area (Å²) in [5, 5.41) is 3.37. The molecule has 0 saturated carbocycles. The second kappa shape index (κ2) is 10.7. The average molecular weight is 602 g/mol. The molecule has 1 aliphatic heterocycles. The minimum atomic E-state index is 0.111. The highest BCUT2D eigenvalue weighted by Crippen LogP contribution is 2.51. The van der Waals surface area contributed by atoms with Gasteiger partial charge in [0, 0.05) is 16.8 Å². The summed E-state index contributed by atoms with van der Waals surface area (Å²) < 4.78 is 11.3. The van der Waals surface area contributed by atoms with E-state index in [0.717, 1.165) is 61.6 Å². The van der Waals surface area contributed by atoms with Gasteiger partial charge in [0.15, 0.2) is 17.3 Å². The Labute approximate surface area is 267 Å². The molecule has 0 aliphatic carbocycles. The molecule has 0 radical (unpaired) electrons. The number of fused-ring (bicyclic) bond motifs is 3. The molecule has 0 saturated heterocycles. The van der Waals surface area contributed by atoms with Crippen LogP contribution in [0.3, 0.4) is 0 Å². The fourth-order valence-corrected chi connectivity index (χ4v) is 6.63. The van der Waals surface area contributed by atoms with E-state index in [-0.39, 0.29) is 5.41 Å². The van der Waals surface area contributed by atoms with Crippen molar-refractivity contribution in [1.82, 2.24) is 9.36 Å². The maximum Gasteiger partial charge on any atom is 0.173 e. The summed E-state index contributed by atoms with van der Waals surface area (Å²) in [4.78, 5) is 7.21. The van der Waals surface area contributed by atoms with Gasteiger partial charge >= 0.3 is 0 Å². The van der Waals surface area contributed by atoms with Crippen LogP contribution in [0.4, 0.5) is 17.1 Å². The lowest BCUT2D eigenvalue weighted by molar-refractivity contribution is 0.477. The normalized spacial score (nSPS) is 12.5. The van der Waals surface area contributed by atoms with Crippen molar-refractivity contribution in [1.29, 1.82) is 0 Å². The second-order valence-corrected chi connectivity index (χ2v) is 13.2. The molecule has 5 heteroatoms. The van der Waals surface area contributed by atoms with Crippen LogP contribution in [-0.4, -0.2) is 9.36 Å². The van der Waals surface area contributed by atoms with E-state index in [1.54, 1.807) is 0 Å². The van der Waals surface area contributed by atoms with Gasteiger partial charge in [-0.3, -0.25) is 0 Å². The van der Waals surface area contributed by atoms with Crippen molar-refractivity contribution in [2.45, 2.75) is 26.2 Å². The fraction of sp³-hybridized carbons (Fsp3) is 0.100. The highest BCUT2D eigenvalue weighted by Gasteiger charge is 2.26. The Morgan fingerprint density at radius 2 is 1.29 bits per heavy atom. The summed E-state index contributed by atoms with van der Waals surface area (Å²) in [7, 11) is 0. The lowest BCUT2D eigenvalue weighted by Gasteiger charge is -2.33. The predicted molar refractivity (Wildman–Crippen MR) is 187 cm³/mol. The third-order valence-electron chi connectivity index (χ3n) is 8.40. The highest BCUT2D eigenvalue weighted by atomic mass is 32.1. The summed E-state index contributed by atoms with van der Waals surface area (Å²) in [6.45, 7) is 6.69. The van der Waals surface area contributed by atoms with E-state index in [1.165, 1.54) is 27.9 Å². The number of benzene rings is 6. The standard InChI is InChI=1S/C40H31N3OS/c1-40(2,3)32-20-17-27(18-21-32)39-41-38(42-45-39)31-11-8-12-33(24-31)43-34-13-6-7-14-36(34)44-37-25-30(19-22-35(37)43)29-16-15-26-9-4-5-10-28(26)23-29/h4-25H,1-3H3. The van der Waals surface area contributed by atoms with E-state index in [4.69, 9.17) is 14.1 Å². The van der Waals surface area contributed by atoms with Crippen LogP contribution in [0, 0.1) is 0 Å². The van der Waals surface area contributed by atoms with Crippen LogP contribution >= 0.6 is 11.5 Å². The summed E-state index contributed by atoms with van der Waals surface area (Å²) in [5.74, 6) is 2.36. The smallest absolute Gasteiger partial charge is 0.173 e. The molecule has 6 aromatic carbocycles. The minimum Gasteiger partial charge on any atom is -0.453 e. The van der Waals surface area contributed by atoms with Crippen LogP contribution in [0.2, 0.25) is 0 Å². The van der Waals surface area contributed by atoms with Crippen LogP contribution in [0.1, 0.15) is 26.3 Å². The molecular weight excluding hydrogens is 571 g/mol. The molecule has 1 aliphatic rings. The van der Waals surface area contributed by atoms with Gasteiger partial charge in [-0.15, -0.1) is 0 Å². The van der Waals surface area contributed by atoms with Crippen molar-refractivity contribution >= 4 is 39.4 Å². The molecule has 4 nitrogen and oxygen atoms in total. The zero-order valence-electron chi connectivity index (χ0n) is 25.4. The van der Waals surface area contributed by atoms with Crippen molar-refractivity contribution < 1.29 is 4.74 Å². The molecule has 2 heterocycles. The maximum absolute atomic E-state index is 6.51. The quantitative estimate of drug-likeness (QED) is 0.201. The number of hydrogen-bond acceptors (Lipinski definition) is 5. The first-order valence-corrected chi connectivity index (χ1v) is 15.9. The number of ether oxygens (including phenoxy) is 1. The lowest BCUT2D eigenvalue weighted by Crippen LogP contribution is -2.15. The first-order valence-electron chi connectivity index (χ1n) is 15.2. The van der Waals surface area contributed by atoms with Gasteiger partial charge in [0.05, 0.1) is 11.4 Å². The SMILES string of the molecule is CC(C)(C)c1ccc(-c2nc(-c3cccc(N4c5ccccc5Oc5cc(-c6ccc7ccccc7c6)ccc54)c3)ns2)cc1. The lowest BCUT2D eigenvalue weighted by atomic mass is 9.87. The predicted octanol–water partition coefficient (Wildman–Crippen LogP) is 11.6. The molecule has 45 heavy (non-hydrogen) atoms. The Balaban J connectivity index is 1.16. The molecule has 8 rings (SSSR count). The molecule has 0 N–H and O–H groups in total. The zero-order valence-corrected chi connectivity index (χ0v) is 26.2. The Morgan fingerprint density at radius 1 is 0.578 bits per heavy atom. The van der Waals surface area contributed by atoms with E-state index in [2.05, 4.69) is 141 Å². The number of para-hydroxylation sites is 2. The molecule has 0 amide bonds. The Hall–Kier alpha value is -5.26. The Bertz CT molecular complexity index is 2190. The first-order chi connectivity index (χ1) is 21.9. The van der Waals surface area contributed by atoms with Gasteiger partial charge in [-0.1, -0.05) is 112 Å². The summed E-state index contributed by atoms with van der Waals surface area (Å²) >= 11 is 1.43. The van der Waals surface area contributed by atoms with Crippen molar-refractivity contribution in [2.75, 3.05) is 4.90 Å². The van der Waals surface area contributed by atoms with Gasteiger partial charge in [0.25, 0.3) is 0 Å². The van der Waals surface area contributed by atoms with Crippen LogP contribution in [0.25, 0.3) is 43.9 Å². The number of nitrogens with zero attached hydrogens (tertiary/aromatic N) is 3. The van der Waals surface area contributed by atoms with Gasteiger partial charge in [0.1, 0.15) is 5.01 Å². The van der Waals surface area contributed by atoms with E-state index in [1.807, 2.05) is 18.2 Å². The summed E-state index contributed by atoms with van der Waals surface area (Å²) in [6.07, 6.45) is 0. The number of rotatable bonds is 4. The third kappa shape index (κ3) is 5.05. The second-order valence-electron chi connectivity index (χ2n) is 12.5. The average Bonchev–Trinajstić information content (AvgIpc) is 3.57. The Morgan fingerprint density at radius 3 is 2.13 bits per heavy atom. The maximum atomic E-state index is 6.51. The molecule has 0 bridgehead atoms. The topological polar surface area (TPSA) is 38.2 Å². The van der Waals surface area contributed by atoms with Gasteiger partial charge in [-0.05, 0) is 86.9 Å². The van der Waals surface area contributed by atoms with E-state index in [9.17, 15) is 0 Å². The van der Waals surface area contributed by atoms with Crippen LogP contribution in [0.15, 0.2) is 133 Å². The molecule has 1 aromatic heterocycles. The Kier molecular flexibility index (Phi) is 6.50.